The number of hydrogen-bond acceptors (Lipinski definition) is 8. The Morgan fingerprint density at radius 3 is 2.81 bits per heavy atom. The Morgan fingerprint density at radius 1 is 1.24 bits per heavy atom. The average molecular weight is 589 g/mol. The molecule has 0 spiro atoms. The predicted molar refractivity (Wildman–Crippen MR) is 162 cm³/mol. The topological polar surface area (TPSA) is 126 Å². The molecular weight excluding hydrogens is 552 g/mol. The quantitative estimate of drug-likeness (QED) is 0.256. The van der Waals surface area contributed by atoms with Crippen LogP contribution in [0.1, 0.15) is 55.1 Å². The number of carbonyl (C=O) groups is 1. The van der Waals surface area contributed by atoms with Gasteiger partial charge in [-0.15, -0.1) is 5.10 Å². The van der Waals surface area contributed by atoms with E-state index in [-0.39, 0.29) is 12.0 Å². The molecule has 0 aliphatic carbocycles. The van der Waals surface area contributed by atoms with Crippen molar-refractivity contribution in [3.8, 4) is 11.6 Å². The number of aliphatic carboxylic acids is 1. The highest BCUT2D eigenvalue weighted by molar-refractivity contribution is 8.20. The molecule has 0 radical (unpaired) electrons. The number of nitrogens with zero attached hydrogens (tertiary/aromatic N) is 6. The fourth-order valence-electron chi connectivity index (χ4n) is 5.79. The van der Waals surface area contributed by atoms with Crippen molar-refractivity contribution in [2.75, 3.05) is 6.54 Å². The van der Waals surface area contributed by atoms with Gasteiger partial charge in [0.25, 0.3) is 0 Å². The number of benzene rings is 1. The fourth-order valence-corrected chi connectivity index (χ4v) is 8.10. The number of aromatic nitrogens is 5. The minimum atomic E-state index is -0.916. The van der Waals surface area contributed by atoms with Gasteiger partial charge in [-0.3, -0.25) is 9.69 Å². The first kappa shape index (κ1) is 28.2. The van der Waals surface area contributed by atoms with Crippen LogP contribution in [-0.4, -0.2) is 58.7 Å². The maximum atomic E-state index is 12.1. The van der Waals surface area contributed by atoms with Gasteiger partial charge in [0, 0.05) is 48.7 Å². The van der Waals surface area contributed by atoms with Crippen LogP contribution in [0, 0.1) is 12.3 Å². The lowest BCUT2D eigenvalue weighted by atomic mass is 9.85. The van der Waals surface area contributed by atoms with Crippen LogP contribution in [0.5, 0.6) is 11.6 Å². The summed E-state index contributed by atoms with van der Waals surface area (Å²) in [4.78, 5) is 25.8. The van der Waals surface area contributed by atoms with Crippen LogP contribution < -0.4 is 4.74 Å². The van der Waals surface area contributed by atoms with Gasteiger partial charge in [-0.1, -0.05) is 18.2 Å². The summed E-state index contributed by atoms with van der Waals surface area (Å²) in [5.74, 6) is -0.144. The summed E-state index contributed by atoms with van der Waals surface area (Å²) < 4.78 is 7.94. The number of carboxylic acids is 1. The number of pyridine rings is 2. The maximum Gasteiger partial charge on any atom is 0.309 e. The Hall–Kier alpha value is -3.96. The van der Waals surface area contributed by atoms with Crippen molar-refractivity contribution in [1.29, 1.82) is 0 Å². The Balaban J connectivity index is 1.42. The Morgan fingerprint density at radius 2 is 2.05 bits per heavy atom. The summed E-state index contributed by atoms with van der Waals surface area (Å²) in [7, 11) is 0.967. The number of carboxylic acid groups (broad SMARTS) is 1. The number of ether oxygens (including phenoxy) is 1. The summed E-state index contributed by atoms with van der Waals surface area (Å²) in [5, 5.41) is 30.8. The highest BCUT2D eigenvalue weighted by Crippen LogP contribution is 2.55. The van der Waals surface area contributed by atoms with Gasteiger partial charge in [0.1, 0.15) is 23.1 Å². The Bertz CT molecular complexity index is 1730. The third-order valence-electron chi connectivity index (χ3n) is 8.18. The number of hydrogen-bond donors (Lipinski definition) is 3. The van der Waals surface area contributed by atoms with E-state index in [1.54, 1.807) is 30.7 Å². The molecular formula is C31H36N6O4S. The van der Waals surface area contributed by atoms with Crippen LogP contribution in [0.15, 0.2) is 45.7 Å². The molecule has 0 bridgehead atoms. The normalized spacial score (nSPS) is 19.4. The van der Waals surface area contributed by atoms with Gasteiger partial charge in [0.05, 0.1) is 5.41 Å². The van der Waals surface area contributed by atoms with Gasteiger partial charge in [-0.25, -0.2) is 14.6 Å². The van der Waals surface area contributed by atoms with Gasteiger partial charge in [0.2, 0.25) is 5.88 Å². The first-order valence-corrected chi connectivity index (χ1v) is 15.5. The first-order valence-electron chi connectivity index (χ1n) is 14.1. The van der Waals surface area contributed by atoms with Crippen LogP contribution in [0.3, 0.4) is 0 Å². The molecule has 0 amide bonds. The van der Waals surface area contributed by atoms with Crippen molar-refractivity contribution in [3.63, 3.8) is 0 Å². The van der Waals surface area contributed by atoms with E-state index in [0.717, 1.165) is 39.2 Å². The lowest BCUT2D eigenvalue weighted by molar-refractivity contribution is -0.146. The number of thiol groups is 1. The van der Waals surface area contributed by atoms with Crippen molar-refractivity contribution in [2.45, 2.75) is 69.5 Å². The molecule has 3 aromatic heterocycles. The molecule has 2 N–H and O–H groups in total. The third-order valence-corrected chi connectivity index (χ3v) is 10.5. The van der Waals surface area contributed by atoms with Crippen molar-refractivity contribution >= 4 is 34.1 Å². The zero-order valence-corrected chi connectivity index (χ0v) is 25.4. The van der Waals surface area contributed by atoms with E-state index >= 15 is 0 Å². The summed E-state index contributed by atoms with van der Waals surface area (Å²) >= 11 is 0. The van der Waals surface area contributed by atoms with E-state index in [1.807, 2.05) is 13.2 Å². The number of fused-ring (bicyclic) bond motifs is 3. The molecule has 0 fully saturated rings. The van der Waals surface area contributed by atoms with Gasteiger partial charge in [-0.05, 0) is 79.5 Å². The minimum absolute atomic E-state index is 0.0140. The van der Waals surface area contributed by atoms with Crippen LogP contribution in [0.2, 0.25) is 0 Å². The number of rotatable bonds is 7. The molecule has 6 rings (SSSR count). The SMILES string of the molecule is CC[C@@H]1CN(Cc2cc(CC(C)(C)C(=O)O)cc3c2C=C[SH]3c2cnc3c(nnn3C)c2C)Cc2nc(O)ccc2O1. The second kappa shape index (κ2) is 10.7. The van der Waals surface area contributed by atoms with Crippen LogP contribution in [0.25, 0.3) is 17.2 Å². The molecule has 42 heavy (non-hydrogen) atoms. The largest absolute Gasteiger partial charge is 0.493 e. The molecule has 1 unspecified atom stereocenters. The summed E-state index contributed by atoms with van der Waals surface area (Å²) in [6.07, 6.45) is 5.37. The van der Waals surface area contributed by atoms with E-state index in [9.17, 15) is 15.0 Å². The van der Waals surface area contributed by atoms with Crippen molar-refractivity contribution < 1.29 is 19.7 Å². The summed E-state index contributed by atoms with van der Waals surface area (Å²) in [5.41, 5.74) is 5.70. The summed E-state index contributed by atoms with van der Waals surface area (Å²) in [6.45, 7) is 9.59. The molecule has 2 aliphatic heterocycles. The third kappa shape index (κ3) is 5.11. The molecule has 11 heteroatoms. The molecule has 0 saturated heterocycles. The maximum absolute atomic E-state index is 12.1. The smallest absolute Gasteiger partial charge is 0.309 e. The van der Waals surface area contributed by atoms with Crippen molar-refractivity contribution in [2.24, 2.45) is 12.5 Å². The van der Waals surface area contributed by atoms with Gasteiger partial charge >= 0.3 is 5.97 Å². The molecule has 2 atom stereocenters. The second-order valence-electron chi connectivity index (χ2n) is 11.8. The standard InChI is InChI=1S/C31H36N6O4S/c1-6-21-16-37(17-23-24(41-21)7-8-27(38)33-23)15-20-11-19(13-31(3,4)30(39)40)12-25-22(20)9-10-42(25)26-14-32-29-28(18(26)2)34-35-36(29)5/h7-12,14,21,42H,6,13,15-17H2,1-5H3,(H,33,38)(H,39,40)/t21-/m1/s1. The van der Waals surface area contributed by atoms with Crippen molar-refractivity contribution in [1.82, 2.24) is 29.9 Å². The number of aryl methyl sites for hydroxylation is 2. The average Bonchev–Trinajstić information content (AvgIpc) is 3.48. The zero-order chi connectivity index (χ0) is 29.8. The monoisotopic (exact) mass is 588 g/mol. The summed E-state index contributed by atoms with van der Waals surface area (Å²) in [6, 6.07) is 7.69. The van der Waals surface area contributed by atoms with E-state index in [0.29, 0.717) is 37.5 Å². The molecule has 0 saturated carbocycles. The molecule has 2 aliphatic rings. The zero-order valence-electron chi connectivity index (χ0n) is 24.5. The Kier molecular flexibility index (Phi) is 7.18. The van der Waals surface area contributed by atoms with Gasteiger partial charge < -0.3 is 14.9 Å². The molecule has 1 aromatic carbocycles. The predicted octanol–water partition coefficient (Wildman–Crippen LogP) is 5.00. The molecule has 4 aromatic rings. The van der Waals surface area contributed by atoms with E-state index in [4.69, 9.17) is 4.74 Å². The minimum Gasteiger partial charge on any atom is -0.493 e. The van der Waals surface area contributed by atoms with Crippen LogP contribution >= 0.6 is 10.9 Å². The molecule has 220 valence electrons. The van der Waals surface area contributed by atoms with E-state index in [2.05, 4.69) is 62.6 Å². The molecule has 10 nitrogen and oxygen atoms in total. The van der Waals surface area contributed by atoms with Crippen LogP contribution in [-0.2, 0) is 31.4 Å². The lowest BCUT2D eigenvalue weighted by Gasteiger charge is -2.26. The van der Waals surface area contributed by atoms with Gasteiger partial charge in [-0.2, -0.15) is 10.9 Å². The van der Waals surface area contributed by atoms with Crippen molar-refractivity contribution in [3.05, 3.63) is 63.8 Å². The lowest BCUT2D eigenvalue weighted by Crippen LogP contribution is -2.32. The second-order valence-corrected chi connectivity index (χ2v) is 13.8. The molecule has 5 heterocycles. The Labute approximate surface area is 247 Å². The highest BCUT2D eigenvalue weighted by Gasteiger charge is 2.31. The first-order chi connectivity index (χ1) is 20.0. The number of aromatic hydroxyl groups is 1. The van der Waals surface area contributed by atoms with Gasteiger partial charge in [0.15, 0.2) is 5.65 Å². The highest BCUT2D eigenvalue weighted by atomic mass is 32.2. The van der Waals surface area contributed by atoms with Crippen LogP contribution in [0.4, 0.5) is 0 Å². The van der Waals surface area contributed by atoms with E-state index < -0.39 is 22.3 Å². The fraction of sp³-hybridized carbons (Fsp3) is 0.387. The van der Waals surface area contributed by atoms with E-state index in [1.165, 1.54) is 10.5 Å².